The summed E-state index contributed by atoms with van der Waals surface area (Å²) in [6, 6.07) is 4.43. The molecule has 0 aliphatic carbocycles. The second-order valence-electron chi connectivity index (χ2n) is 6.78. The van der Waals surface area contributed by atoms with Crippen LogP contribution in [0.25, 0.3) is 0 Å². The minimum Gasteiger partial charge on any atom is -0.391 e. The van der Waals surface area contributed by atoms with E-state index < -0.39 is 11.0 Å². The molecule has 0 saturated carbocycles. The molecule has 1 heterocycles. The smallest absolute Gasteiger partial charge is 0.270 e. The van der Waals surface area contributed by atoms with Gasteiger partial charge in [0.05, 0.1) is 22.3 Å². The number of carbonyl (C=O) groups excluding carboxylic acids is 1. The van der Waals surface area contributed by atoms with Crippen molar-refractivity contribution in [2.75, 3.05) is 24.5 Å². The lowest BCUT2D eigenvalue weighted by molar-refractivity contribution is -0.384. The van der Waals surface area contributed by atoms with Crippen molar-refractivity contribution in [2.45, 2.75) is 45.6 Å². The van der Waals surface area contributed by atoms with Gasteiger partial charge in [-0.15, -0.1) is 0 Å². The van der Waals surface area contributed by atoms with Gasteiger partial charge in [-0.1, -0.05) is 20.3 Å². The normalized spacial score (nSPS) is 16.5. The van der Waals surface area contributed by atoms with Crippen molar-refractivity contribution in [3.8, 4) is 0 Å². The summed E-state index contributed by atoms with van der Waals surface area (Å²) in [5.41, 5.74) is 0.917. The molecule has 7 heteroatoms. The lowest BCUT2D eigenvalue weighted by Crippen LogP contribution is -2.36. The summed E-state index contributed by atoms with van der Waals surface area (Å²) in [6.45, 7) is 5.97. The number of nitro benzene ring substituents is 1. The van der Waals surface area contributed by atoms with E-state index >= 15 is 0 Å². The Hall–Kier alpha value is -2.15. The van der Waals surface area contributed by atoms with E-state index in [-0.39, 0.29) is 18.1 Å². The summed E-state index contributed by atoms with van der Waals surface area (Å²) in [7, 11) is 0. The number of nitrogens with one attached hydrogen (secondary N) is 1. The number of non-ortho nitro benzene ring substituents is 1. The average molecular weight is 349 g/mol. The lowest BCUT2D eigenvalue weighted by Gasteiger charge is -2.33. The number of hydrogen-bond donors (Lipinski definition) is 2. The number of nitro groups is 1. The van der Waals surface area contributed by atoms with Crippen LogP contribution in [0.2, 0.25) is 0 Å². The fraction of sp³-hybridized carbons (Fsp3) is 0.611. The molecule has 0 spiro atoms. The predicted octanol–water partition coefficient (Wildman–Crippen LogP) is 2.72. The minimum atomic E-state index is -0.605. The number of nitrogens with zero attached hydrogens (tertiary/aromatic N) is 2. The van der Waals surface area contributed by atoms with E-state index in [9.17, 15) is 20.0 Å². The molecule has 2 rings (SSSR count). The quantitative estimate of drug-likeness (QED) is 0.583. The van der Waals surface area contributed by atoms with Crippen LogP contribution in [-0.2, 0) is 0 Å². The first-order chi connectivity index (χ1) is 11.9. The van der Waals surface area contributed by atoms with E-state index in [1.54, 1.807) is 6.07 Å². The first kappa shape index (κ1) is 19.2. The van der Waals surface area contributed by atoms with Crippen molar-refractivity contribution in [3.05, 3.63) is 33.9 Å². The second-order valence-corrected chi connectivity index (χ2v) is 6.78. The van der Waals surface area contributed by atoms with Gasteiger partial charge in [-0.3, -0.25) is 14.9 Å². The number of piperidine rings is 1. The third kappa shape index (κ3) is 5.16. The maximum atomic E-state index is 12.6. The zero-order valence-corrected chi connectivity index (χ0v) is 14.9. The van der Waals surface area contributed by atoms with Crippen molar-refractivity contribution in [1.82, 2.24) is 5.32 Å². The molecule has 1 aliphatic heterocycles. The Bertz CT molecular complexity index is 612. The van der Waals surface area contributed by atoms with E-state index in [0.717, 1.165) is 38.0 Å². The lowest BCUT2D eigenvalue weighted by atomic mass is 9.98. The topological polar surface area (TPSA) is 95.7 Å². The Labute approximate surface area is 148 Å². The minimum absolute atomic E-state index is 0.103. The number of benzene rings is 1. The van der Waals surface area contributed by atoms with Gasteiger partial charge in [-0.05, 0) is 31.2 Å². The molecule has 1 saturated heterocycles. The summed E-state index contributed by atoms with van der Waals surface area (Å²) >= 11 is 0. The van der Waals surface area contributed by atoms with E-state index in [0.29, 0.717) is 17.9 Å². The third-order valence-electron chi connectivity index (χ3n) is 4.68. The van der Waals surface area contributed by atoms with Crippen LogP contribution in [0.4, 0.5) is 11.4 Å². The van der Waals surface area contributed by atoms with Crippen molar-refractivity contribution in [3.63, 3.8) is 0 Å². The molecule has 1 amide bonds. The van der Waals surface area contributed by atoms with Crippen LogP contribution in [-0.4, -0.2) is 41.7 Å². The van der Waals surface area contributed by atoms with Gasteiger partial charge in [0.2, 0.25) is 0 Å². The van der Waals surface area contributed by atoms with Crippen LogP contribution in [0.3, 0.4) is 0 Å². The number of anilines is 1. The van der Waals surface area contributed by atoms with Gasteiger partial charge in [0.1, 0.15) is 0 Å². The molecular weight excluding hydrogens is 322 g/mol. The Kier molecular flexibility index (Phi) is 6.75. The largest absolute Gasteiger partial charge is 0.391 e. The molecule has 1 atom stereocenters. The number of carbonyl (C=O) groups is 1. The number of hydrogen-bond acceptors (Lipinski definition) is 5. The molecule has 7 nitrogen and oxygen atoms in total. The van der Waals surface area contributed by atoms with Gasteiger partial charge in [0.15, 0.2) is 0 Å². The molecule has 1 aromatic carbocycles. The number of amides is 1. The van der Waals surface area contributed by atoms with Gasteiger partial charge in [-0.25, -0.2) is 0 Å². The van der Waals surface area contributed by atoms with Crippen LogP contribution in [0.1, 0.15) is 49.9 Å². The predicted molar refractivity (Wildman–Crippen MR) is 97.0 cm³/mol. The molecular formula is C18H27N3O4. The summed E-state index contributed by atoms with van der Waals surface area (Å²) in [5, 5.41) is 23.6. The summed E-state index contributed by atoms with van der Waals surface area (Å²) in [4.78, 5) is 25.3. The zero-order valence-electron chi connectivity index (χ0n) is 14.9. The molecule has 0 bridgehead atoms. The highest BCUT2D eigenvalue weighted by Crippen LogP contribution is 2.29. The van der Waals surface area contributed by atoms with Crippen LogP contribution < -0.4 is 10.2 Å². The Morgan fingerprint density at radius 2 is 2.12 bits per heavy atom. The second kappa shape index (κ2) is 8.80. The molecule has 0 aromatic heterocycles. The first-order valence-electron chi connectivity index (χ1n) is 8.92. The van der Waals surface area contributed by atoms with Crippen LogP contribution >= 0.6 is 0 Å². The van der Waals surface area contributed by atoms with Crippen molar-refractivity contribution >= 4 is 17.3 Å². The fourth-order valence-electron chi connectivity index (χ4n) is 3.09. The monoisotopic (exact) mass is 349 g/mol. The fourth-order valence-corrected chi connectivity index (χ4v) is 3.09. The van der Waals surface area contributed by atoms with Crippen LogP contribution in [0.5, 0.6) is 0 Å². The van der Waals surface area contributed by atoms with Crippen molar-refractivity contribution in [1.29, 1.82) is 0 Å². The third-order valence-corrected chi connectivity index (χ3v) is 4.68. The van der Waals surface area contributed by atoms with Gasteiger partial charge >= 0.3 is 0 Å². The maximum Gasteiger partial charge on any atom is 0.270 e. The Morgan fingerprint density at radius 3 is 2.72 bits per heavy atom. The van der Waals surface area contributed by atoms with Crippen LogP contribution in [0.15, 0.2) is 18.2 Å². The van der Waals surface area contributed by atoms with Crippen molar-refractivity contribution < 1.29 is 14.8 Å². The first-order valence-corrected chi connectivity index (χ1v) is 8.92. The average Bonchev–Trinajstić information content (AvgIpc) is 2.60. The van der Waals surface area contributed by atoms with Gasteiger partial charge < -0.3 is 15.3 Å². The van der Waals surface area contributed by atoms with E-state index in [1.807, 2.05) is 6.92 Å². The standard InChI is InChI=1S/C18H27N3O4/c1-3-4-15(22)12-19-18(23)16-11-14(21(24)25)5-6-17(16)20-9-7-13(2)8-10-20/h5-6,11,13,15,22H,3-4,7-10,12H2,1-2H3,(H,19,23). The maximum absolute atomic E-state index is 12.6. The number of aliphatic hydroxyl groups excluding tert-OH is 1. The van der Waals surface area contributed by atoms with Gasteiger partial charge in [-0.2, -0.15) is 0 Å². The van der Waals surface area contributed by atoms with Gasteiger partial charge in [0, 0.05) is 31.8 Å². The summed E-state index contributed by atoms with van der Waals surface area (Å²) in [5.74, 6) is 0.267. The van der Waals surface area contributed by atoms with E-state index in [1.165, 1.54) is 12.1 Å². The highest BCUT2D eigenvalue weighted by atomic mass is 16.6. The number of aliphatic hydroxyl groups is 1. The Balaban J connectivity index is 2.21. The highest BCUT2D eigenvalue weighted by Gasteiger charge is 2.23. The molecule has 138 valence electrons. The molecule has 1 fully saturated rings. The summed E-state index contributed by atoms with van der Waals surface area (Å²) in [6.07, 6.45) is 2.89. The molecule has 2 N–H and O–H groups in total. The van der Waals surface area contributed by atoms with Gasteiger partial charge in [0.25, 0.3) is 11.6 Å². The molecule has 25 heavy (non-hydrogen) atoms. The zero-order chi connectivity index (χ0) is 18.4. The van der Waals surface area contributed by atoms with E-state index in [4.69, 9.17) is 0 Å². The molecule has 1 aliphatic rings. The van der Waals surface area contributed by atoms with Crippen LogP contribution in [0, 0.1) is 16.0 Å². The van der Waals surface area contributed by atoms with Crippen molar-refractivity contribution in [2.24, 2.45) is 5.92 Å². The molecule has 1 unspecified atom stereocenters. The molecule has 1 aromatic rings. The molecule has 0 radical (unpaired) electrons. The SMILES string of the molecule is CCCC(O)CNC(=O)c1cc([N+](=O)[O-])ccc1N1CCC(C)CC1. The Morgan fingerprint density at radius 1 is 1.44 bits per heavy atom. The highest BCUT2D eigenvalue weighted by molar-refractivity contribution is 6.00. The summed E-state index contributed by atoms with van der Waals surface area (Å²) < 4.78 is 0. The van der Waals surface area contributed by atoms with E-state index in [2.05, 4.69) is 17.1 Å². The number of rotatable bonds is 7.